The number of hydrogen-bond donors (Lipinski definition) is 3. The molecule has 4 nitrogen and oxygen atoms in total. The predicted octanol–water partition coefficient (Wildman–Crippen LogP) is 1.64. The Balaban J connectivity index is 2.46. The molecular weight excluding hydrogens is 204 g/mol. The number of aryl methyl sites for hydroxylation is 1. The highest BCUT2D eigenvalue weighted by atomic mass is 16.3. The first kappa shape index (κ1) is 12.5. The van der Waals surface area contributed by atoms with Gasteiger partial charge in [-0.05, 0) is 50.7 Å². The smallest absolute Gasteiger partial charge is 0.224 e. The average molecular weight is 222 g/mol. The number of nitrogens with one attached hydrogen (secondary N) is 2. The lowest BCUT2D eigenvalue weighted by Gasteiger charge is -2.06. The van der Waals surface area contributed by atoms with Gasteiger partial charge < -0.3 is 15.7 Å². The Morgan fingerprint density at radius 1 is 1.44 bits per heavy atom. The standard InChI is InChI=1S/C12H18N2O2/c1-9-8-10(5-6-11(9)15)14-12(16)4-3-7-13-2/h5-6,8,13,15H,3-4,7H2,1-2H3,(H,14,16). The van der Waals surface area contributed by atoms with Crippen LogP contribution in [0.5, 0.6) is 5.75 Å². The van der Waals surface area contributed by atoms with Crippen LogP contribution in [-0.2, 0) is 4.79 Å². The molecule has 0 radical (unpaired) electrons. The van der Waals surface area contributed by atoms with Crippen molar-refractivity contribution in [3.63, 3.8) is 0 Å². The molecule has 0 heterocycles. The molecule has 1 aromatic rings. The number of benzene rings is 1. The molecule has 0 spiro atoms. The summed E-state index contributed by atoms with van der Waals surface area (Å²) in [4.78, 5) is 11.5. The van der Waals surface area contributed by atoms with Crippen LogP contribution in [0.4, 0.5) is 5.69 Å². The molecule has 0 aliphatic carbocycles. The summed E-state index contributed by atoms with van der Waals surface area (Å²) in [6.45, 7) is 2.63. The van der Waals surface area contributed by atoms with Crippen LogP contribution < -0.4 is 10.6 Å². The van der Waals surface area contributed by atoms with Gasteiger partial charge in [0.25, 0.3) is 0 Å². The molecule has 88 valence electrons. The lowest BCUT2D eigenvalue weighted by atomic mass is 10.2. The van der Waals surface area contributed by atoms with E-state index in [9.17, 15) is 9.90 Å². The SMILES string of the molecule is CNCCCC(=O)Nc1ccc(O)c(C)c1. The molecule has 0 bridgehead atoms. The van der Waals surface area contributed by atoms with Gasteiger partial charge in [-0.25, -0.2) is 0 Å². The monoisotopic (exact) mass is 222 g/mol. The van der Waals surface area contributed by atoms with E-state index in [-0.39, 0.29) is 11.7 Å². The van der Waals surface area contributed by atoms with E-state index in [1.54, 1.807) is 25.1 Å². The van der Waals surface area contributed by atoms with Gasteiger partial charge in [-0.15, -0.1) is 0 Å². The Kier molecular flexibility index (Phi) is 4.79. The fourth-order valence-corrected chi connectivity index (χ4v) is 1.38. The Labute approximate surface area is 95.7 Å². The van der Waals surface area contributed by atoms with Crippen molar-refractivity contribution in [3.05, 3.63) is 23.8 Å². The van der Waals surface area contributed by atoms with Gasteiger partial charge in [-0.2, -0.15) is 0 Å². The van der Waals surface area contributed by atoms with E-state index in [2.05, 4.69) is 10.6 Å². The molecule has 0 aromatic heterocycles. The molecule has 3 N–H and O–H groups in total. The number of carbonyl (C=O) groups is 1. The number of anilines is 1. The van der Waals surface area contributed by atoms with Gasteiger partial charge in [0, 0.05) is 12.1 Å². The Morgan fingerprint density at radius 3 is 2.81 bits per heavy atom. The van der Waals surface area contributed by atoms with E-state index in [1.165, 1.54) is 0 Å². The highest BCUT2D eigenvalue weighted by molar-refractivity contribution is 5.90. The zero-order chi connectivity index (χ0) is 12.0. The average Bonchev–Trinajstić information content (AvgIpc) is 2.24. The van der Waals surface area contributed by atoms with E-state index in [4.69, 9.17) is 0 Å². The van der Waals surface area contributed by atoms with Crippen molar-refractivity contribution in [1.29, 1.82) is 0 Å². The van der Waals surface area contributed by atoms with E-state index in [1.807, 2.05) is 7.05 Å². The minimum absolute atomic E-state index is 0.000315. The molecule has 1 aromatic carbocycles. The first-order chi connectivity index (χ1) is 7.63. The van der Waals surface area contributed by atoms with Crippen LogP contribution >= 0.6 is 0 Å². The van der Waals surface area contributed by atoms with Crippen LogP contribution in [0.15, 0.2) is 18.2 Å². The van der Waals surface area contributed by atoms with Crippen LogP contribution in [-0.4, -0.2) is 24.6 Å². The van der Waals surface area contributed by atoms with Gasteiger partial charge in [0.05, 0.1) is 0 Å². The fraction of sp³-hybridized carbons (Fsp3) is 0.417. The normalized spacial score (nSPS) is 10.1. The van der Waals surface area contributed by atoms with E-state index in [0.29, 0.717) is 6.42 Å². The summed E-state index contributed by atoms with van der Waals surface area (Å²) in [7, 11) is 1.86. The lowest BCUT2D eigenvalue weighted by Crippen LogP contribution is -2.15. The zero-order valence-electron chi connectivity index (χ0n) is 9.71. The number of amides is 1. The second kappa shape index (κ2) is 6.12. The number of carbonyl (C=O) groups excluding carboxylic acids is 1. The van der Waals surface area contributed by atoms with Crippen molar-refractivity contribution in [1.82, 2.24) is 5.32 Å². The van der Waals surface area contributed by atoms with Crippen LogP contribution in [0.1, 0.15) is 18.4 Å². The molecule has 4 heteroatoms. The quantitative estimate of drug-likeness (QED) is 0.524. The number of hydrogen-bond acceptors (Lipinski definition) is 3. The molecule has 0 saturated heterocycles. The summed E-state index contributed by atoms with van der Waals surface area (Å²) in [5.74, 6) is 0.244. The summed E-state index contributed by atoms with van der Waals surface area (Å²) >= 11 is 0. The van der Waals surface area contributed by atoms with Crippen molar-refractivity contribution in [2.45, 2.75) is 19.8 Å². The second-order valence-corrected chi connectivity index (χ2v) is 3.76. The molecule has 0 aliphatic heterocycles. The third kappa shape index (κ3) is 3.90. The van der Waals surface area contributed by atoms with Crippen LogP contribution in [0.3, 0.4) is 0 Å². The molecule has 0 fully saturated rings. The minimum Gasteiger partial charge on any atom is -0.508 e. The highest BCUT2D eigenvalue weighted by Gasteiger charge is 2.03. The van der Waals surface area contributed by atoms with Gasteiger partial charge in [0.2, 0.25) is 5.91 Å². The second-order valence-electron chi connectivity index (χ2n) is 3.76. The maximum atomic E-state index is 11.5. The molecule has 1 rings (SSSR count). The van der Waals surface area contributed by atoms with Crippen molar-refractivity contribution >= 4 is 11.6 Å². The third-order valence-electron chi connectivity index (χ3n) is 2.31. The largest absolute Gasteiger partial charge is 0.508 e. The van der Waals surface area contributed by atoms with Gasteiger partial charge in [0.15, 0.2) is 0 Å². The maximum Gasteiger partial charge on any atom is 0.224 e. The highest BCUT2D eigenvalue weighted by Crippen LogP contribution is 2.20. The summed E-state index contributed by atoms with van der Waals surface area (Å²) < 4.78 is 0. The Bertz CT molecular complexity index is 364. The van der Waals surface area contributed by atoms with Gasteiger partial charge in [-0.3, -0.25) is 4.79 Å². The molecular formula is C12H18N2O2. The fourth-order valence-electron chi connectivity index (χ4n) is 1.38. The third-order valence-corrected chi connectivity index (χ3v) is 2.31. The van der Waals surface area contributed by atoms with Crippen molar-refractivity contribution < 1.29 is 9.90 Å². The van der Waals surface area contributed by atoms with Crippen LogP contribution in [0.25, 0.3) is 0 Å². The number of aromatic hydroxyl groups is 1. The Morgan fingerprint density at radius 2 is 2.19 bits per heavy atom. The topological polar surface area (TPSA) is 61.4 Å². The van der Waals surface area contributed by atoms with Gasteiger partial charge >= 0.3 is 0 Å². The summed E-state index contributed by atoms with van der Waals surface area (Å²) in [5.41, 5.74) is 1.48. The molecule has 16 heavy (non-hydrogen) atoms. The van der Waals surface area contributed by atoms with Crippen molar-refractivity contribution in [3.8, 4) is 5.75 Å². The summed E-state index contributed by atoms with van der Waals surface area (Å²) in [6.07, 6.45) is 1.32. The number of phenolic OH excluding ortho intramolecular Hbond substituents is 1. The summed E-state index contributed by atoms with van der Waals surface area (Å²) in [5, 5.41) is 15.1. The molecule has 1 amide bonds. The molecule has 0 aliphatic rings. The molecule has 0 unspecified atom stereocenters. The first-order valence-electron chi connectivity index (χ1n) is 5.37. The summed E-state index contributed by atoms with van der Waals surface area (Å²) in [6, 6.07) is 5.03. The molecule has 0 atom stereocenters. The van der Waals surface area contributed by atoms with Gasteiger partial charge in [-0.1, -0.05) is 0 Å². The predicted molar refractivity (Wildman–Crippen MR) is 64.6 cm³/mol. The minimum atomic E-state index is 0.000315. The van der Waals surface area contributed by atoms with Crippen molar-refractivity contribution in [2.24, 2.45) is 0 Å². The van der Waals surface area contributed by atoms with Gasteiger partial charge in [0.1, 0.15) is 5.75 Å². The molecule has 0 saturated carbocycles. The van der Waals surface area contributed by atoms with Crippen LogP contribution in [0, 0.1) is 6.92 Å². The zero-order valence-corrected chi connectivity index (χ0v) is 9.71. The van der Waals surface area contributed by atoms with E-state index in [0.717, 1.165) is 24.2 Å². The van der Waals surface area contributed by atoms with Crippen LogP contribution in [0.2, 0.25) is 0 Å². The maximum absolute atomic E-state index is 11.5. The first-order valence-corrected chi connectivity index (χ1v) is 5.37. The van der Waals surface area contributed by atoms with E-state index < -0.39 is 0 Å². The lowest BCUT2D eigenvalue weighted by molar-refractivity contribution is -0.116. The number of phenols is 1. The number of rotatable bonds is 5. The van der Waals surface area contributed by atoms with E-state index >= 15 is 0 Å². The van der Waals surface area contributed by atoms with Crippen molar-refractivity contribution in [2.75, 3.05) is 18.9 Å². The Hall–Kier alpha value is -1.55.